The van der Waals surface area contributed by atoms with Crippen LogP contribution in [0, 0.1) is 4.77 Å². The largest absolute Gasteiger partial charge is 0.334 e. The van der Waals surface area contributed by atoms with Crippen molar-refractivity contribution in [1.29, 1.82) is 0 Å². The van der Waals surface area contributed by atoms with Crippen molar-refractivity contribution in [2.75, 3.05) is 6.54 Å². The average Bonchev–Trinajstić information content (AvgIpc) is 2.59. The molecule has 0 spiro atoms. The van der Waals surface area contributed by atoms with Gasteiger partial charge >= 0.3 is 0 Å². The average molecular weight is 209 g/mol. The van der Waals surface area contributed by atoms with Gasteiger partial charge in [-0.3, -0.25) is 0 Å². The van der Waals surface area contributed by atoms with Gasteiger partial charge in [-0.15, -0.1) is 0 Å². The maximum Gasteiger partial charge on any atom is 0.197 e. The van der Waals surface area contributed by atoms with Crippen molar-refractivity contribution in [2.45, 2.75) is 32.1 Å². The number of fused-ring (bicyclic) bond motifs is 1. The summed E-state index contributed by atoms with van der Waals surface area (Å²) in [5, 5.41) is 0. The number of aromatic nitrogens is 2. The van der Waals surface area contributed by atoms with Crippen LogP contribution in [-0.4, -0.2) is 16.5 Å². The minimum atomic E-state index is 0.485. The summed E-state index contributed by atoms with van der Waals surface area (Å²) >= 11 is 5.08. The van der Waals surface area contributed by atoms with E-state index in [0.717, 1.165) is 25.0 Å². The zero-order valence-electron chi connectivity index (χ0n) is 8.34. The maximum absolute atomic E-state index is 5.74. The Morgan fingerprint density at radius 3 is 3.07 bits per heavy atom. The summed E-state index contributed by atoms with van der Waals surface area (Å²) in [6.07, 6.45) is 3.14. The number of hydrogen-bond acceptors (Lipinski definition) is 3. The van der Waals surface area contributed by atoms with Crippen LogP contribution in [0.3, 0.4) is 0 Å². The molecule has 2 rings (SSSR count). The van der Waals surface area contributed by atoms with E-state index in [1.54, 1.807) is 0 Å². The molecule has 1 unspecified atom stereocenters. The Labute approximate surface area is 88.8 Å². The summed E-state index contributed by atoms with van der Waals surface area (Å²) < 4.78 is 0.610. The summed E-state index contributed by atoms with van der Waals surface area (Å²) in [5.41, 5.74) is 9.48. The summed E-state index contributed by atoms with van der Waals surface area (Å²) in [4.78, 5) is 7.54. The lowest BCUT2D eigenvalue weighted by Gasteiger charge is -2.11. The number of hydrogen-bond donors (Lipinski definition) is 2. The van der Waals surface area contributed by atoms with Gasteiger partial charge < -0.3 is 10.7 Å². The van der Waals surface area contributed by atoms with E-state index in [1.165, 1.54) is 11.3 Å². The summed E-state index contributed by atoms with van der Waals surface area (Å²) in [6, 6.07) is 0. The molecule has 0 saturated carbocycles. The highest BCUT2D eigenvalue weighted by molar-refractivity contribution is 7.71. The number of rotatable bonds is 2. The highest BCUT2D eigenvalue weighted by Gasteiger charge is 2.25. The smallest absolute Gasteiger partial charge is 0.197 e. The topological polar surface area (TPSA) is 54.7 Å². The molecule has 14 heavy (non-hydrogen) atoms. The van der Waals surface area contributed by atoms with Gasteiger partial charge in [0.25, 0.3) is 0 Å². The van der Waals surface area contributed by atoms with Crippen LogP contribution in [0.4, 0.5) is 0 Å². The molecule has 0 aliphatic heterocycles. The second kappa shape index (κ2) is 3.79. The summed E-state index contributed by atoms with van der Waals surface area (Å²) in [6.45, 7) is 2.83. The first-order chi connectivity index (χ1) is 6.76. The van der Waals surface area contributed by atoms with Crippen LogP contribution >= 0.6 is 12.2 Å². The lowest BCUT2D eigenvalue weighted by atomic mass is 10.0. The van der Waals surface area contributed by atoms with E-state index in [9.17, 15) is 0 Å². The molecule has 0 bridgehead atoms. The maximum atomic E-state index is 5.74. The van der Waals surface area contributed by atoms with Crippen molar-refractivity contribution < 1.29 is 0 Å². The Balaban J connectivity index is 2.57. The fourth-order valence-corrected chi connectivity index (χ4v) is 2.46. The fraction of sp³-hybridized carbons (Fsp3) is 0.600. The highest BCUT2D eigenvalue weighted by Crippen LogP contribution is 2.32. The van der Waals surface area contributed by atoms with Crippen LogP contribution in [0.25, 0.3) is 0 Å². The van der Waals surface area contributed by atoms with Gasteiger partial charge in [0.1, 0.15) is 0 Å². The number of nitrogens with zero attached hydrogens (tertiary/aromatic N) is 1. The predicted molar refractivity (Wildman–Crippen MR) is 58.9 cm³/mol. The monoisotopic (exact) mass is 209 g/mol. The van der Waals surface area contributed by atoms with Crippen molar-refractivity contribution in [3.8, 4) is 0 Å². The Morgan fingerprint density at radius 2 is 2.43 bits per heavy atom. The number of aromatic amines is 1. The Bertz CT molecular complexity index is 397. The van der Waals surface area contributed by atoms with Crippen molar-refractivity contribution in [3.05, 3.63) is 21.7 Å². The van der Waals surface area contributed by atoms with Gasteiger partial charge in [-0.05, 0) is 43.6 Å². The molecule has 1 aliphatic rings. The molecule has 4 heteroatoms. The Hall–Kier alpha value is -0.740. The quantitative estimate of drug-likeness (QED) is 0.729. The molecule has 76 valence electrons. The molecule has 0 amide bonds. The molecule has 0 radical (unpaired) electrons. The molecular weight excluding hydrogens is 194 g/mol. The second-order valence-electron chi connectivity index (χ2n) is 3.71. The molecule has 1 atom stereocenters. The van der Waals surface area contributed by atoms with E-state index < -0.39 is 0 Å². The molecule has 0 saturated heterocycles. The van der Waals surface area contributed by atoms with Gasteiger partial charge in [0.15, 0.2) is 4.77 Å². The molecule has 1 aliphatic carbocycles. The lowest BCUT2D eigenvalue weighted by Crippen LogP contribution is -2.12. The summed E-state index contributed by atoms with van der Waals surface area (Å²) in [7, 11) is 0. The van der Waals surface area contributed by atoms with E-state index in [-0.39, 0.29) is 0 Å². The van der Waals surface area contributed by atoms with Gasteiger partial charge in [0.2, 0.25) is 0 Å². The van der Waals surface area contributed by atoms with Crippen LogP contribution < -0.4 is 5.73 Å². The first kappa shape index (κ1) is 9.80. The van der Waals surface area contributed by atoms with E-state index >= 15 is 0 Å². The number of H-pyrrole nitrogens is 1. The molecule has 1 heterocycles. The molecule has 1 aromatic rings. The van der Waals surface area contributed by atoms with Crippen LogP contribution in [0.5, 0.6) is 0 Å². The SMILES string of the molecule is CCc1nc(=S)[nH]c2c1C(CN)CC2. The number of aryl methyl sites for hydroxylation is 2. The fourth-order valence-electron chi connectivity index (χ4n) is 2.23. The van der Waals surface area contributed by atoms with Gasteiger partial charge in [-0.25, -0.2) is 4.98 Å². The van der Waals surface area contributed by atoms with Gasteiger partial charge in [0.05, 0.1) is 0 Å². The Morgan fingerprint density at radius 1 is 1.64 bits per heavy atom. The van der Waals surface area contributed by atoms with Crippen molar-refractivity contribution in [3.63, 3.8) is 0 Å². The van der Waals surface area contributed by atoms with E-state index in [0.29, 0.717) is 17.2 Å². The normalized spacial score (nSPS) is 19.7. The lowest BCUT2D eigenvalue weighted by molar-refractivity contribution is 0.680. The van der Waals surface area contributed by atoms with Crippen LogP contribution in [0.2, 0.25) is 0 Å². The van der Waals surface area contributed by atoms with Crippen molar-refractivity contribution in [1.82, 2.24) is 9.97 Å². The molecule has 0 aromatic carbocycles. The van der Waals surface area contributed by atoms with E-state index in [2.05, 4.69) is 16.9 Å². The predicted octanol–water partition coefficient (Wildman–Crippen LogP) is 1.69. The second-order valence-corrected chi connectivity index (χ2v) is 4.09. The van der Waals surface area contributed by atoms with E-state index in [4.69, 9.17) is 18.0 Å². The third-order valence-electron chi connectivity index (χ3n) is 2.90. The number of nitrogens with one attached hydrogen (secondary N) is 1. The zero-order valence-corrected chi connectivity index (χ0v) is 9.16. The molecule has 3 N–H and O–H groups in total. The molecule has 3 nitrogen and oxygen atoms in total. The summed E-state index contributed by atoms with van der Waals surface area (Å²) in [5.74, 6) is 0.485. The minimum absolute atomic E-state index is 0.485. The minimum Gasteiger partial charge on any atom is -0.334 e. The standard InChI is InChI=1S/C10H15N3S/c1-2-7-9-6(5-11)3-4-8(9)13-10(14)12-7/h6H,2-5,11H2,1H3,(H,12,13,14). The third-order valence-corrected chi connectivity index (χ3v) is 3.09. The molecule has 1 aromatic heterocycles. The van der Waals surface area contributed by atoms with Gasteiger partial charge in [-0.1, -0.05) is 6.92 Å². The van der Waals surface area contributed by atoms with E-state index in [1.807, 2.05) is 0 Å². The van der Waals surface area contributed by atoms with Crippen molar-refractivity contribution in [2.24, 2.45) is 5.73 Å². The zero-order chi connectivity index (χ0) is 10.1. The Kier molecular flexibility index (Phi) is 2.65. The van der Waals surface area contributed by atoms with Crippen LogP contribution in [-0.2, 0) is 12.8 Å². The van der Waals surface area contributed by atoms with Crippen LogP contribution in [0.15, 0.2) is 0 Å². The van der Waals surface area contributed by atoms with Crippen molar-refractivity contribution >= 4 is 12.2 Å². The first-order valence-corrected chi connectivity index (χ1v) is 5.49. The van der Waals surface area contributed by atoms with Gasteiger partial charge in [-0.2, -0.15) is 0 Å². The highest BCUT2D eigenvalue weighted by atomic mass is 32.1. The van der Waals surface area contributed by atoms with Crippen LogP contribution in [0.1, 0.15) is 36.2 Å². The third kappa shape index (κ3) is 1.48. The number of nitrogens with two attached hydrogens (primary N) is 1. The first-order valence-electron chi connectivity index (χ1n) is 5.08. The molecular formula is C10H15N3S. The van der Waals surface area contributed by atoms with Gasteiger partial charge in [0, 0.05) is 17.3 Å². The molecule has 0 fully saturated rings.